The Bertz CT molecular complexity index is 295. The van der Waals surface area contributed by atoms with Crippen LogP contribution < -0.4 is 0 Å². The summed E-state index contributed by atoms with van der Waals surface area (Å²) in [6.07, 6.45) is 1.54. The van der Waals surface area contributed by atoms with Crippen LogP contribution >= 0.6 is 0 Å². The Labute approximate surface area is 94.7 Å². The summed E-state index contributed by atoms with van der Waals surface area (Å²) in [6.45, 7) is 1.91. The van der Waals surface area contributed by atoms with Crippen LogP contribution in [-0.4, -0.2) is 22.2 Å². The molecule has 2 N–H and O–H groups in total. The minimum atomic E-state index is -1.28. The highest BCUT2D eigenvalue weighted by atomic mass is 16.4. The van der Waals surface area contributed by atoms with Crippen LogP contribution in [0, 0.1) is 16.7 Å². The number of unbranched alkanes of at least 4 members (excludes halogenated alkanes) is 1. The monoisotopic (exact) mass is 227 g/mol. The normalized spacial score (nSPS) is 13.8. The first-order valence-corrected chi connectivity index (χ1v) is 5.30. The molecule has 0 radical (unpaired) electrons. The first-order valence-electron chi connectivity index (χ1n) is 5.30. The Hall–Kier alpha value is -1.57. The average molecular weight is 227 g/mol. The van der Waals surface area contributed by atoms with E-state index >= 15 is 0 Å². The highest BCUT2D eigenvalue weighted by Gasteiger charge is 2.39. The van der Waals surface area contributed by atoms with Gasteiger partial charge in [0.15, 0.2) is 0 Å². The van der Waals surface area contributed by atoms with Gasteiger partial charge in [-0.15, -0.1) is 0 Å². The minimum Gasteiger partial charge on any atom is -0.481 e. The van der Waals surface area contributed by atoms with E-state index in [9.17, 15) is 9.59 Å². The van der Waals surface area contributed by atoms with Crippen LogP contribution in [0.4, 0.5) is 0 Å². The molecule has 0 aromatic rings. The molecule has 0 aliphatic carbocycles. The third-order valence-corrected chi connectivity index (χ3v) is 2.67. The van der Waals surface area contributed by atoms with Gasteiger partial charge in [-0.1, -0.05) is 19.8 Å². The minimum absolute atomic E-state index is 0.0727. The molecule has 0 amide bonds. The number of carbonyl (C=O) groups is 2. The Balaban J connectivity index is 4.81. The summed E-state index contributed by atoms with van der Waals surface area (Å²) < 4.78 is 0. The Morgan fingerprint density at radius 3 is 2.31 bits per heavy atom. The lowest BCUT2D eigenvalue weighted by atomic mass is 9.76. The number of hydrogen-bond donors (Lipinski definition) is 2. The summed E-state index contributed by atoms with van der Waals surface area (Å²) >= 11 is 0. The second kappa shape index (κ2) is 6.83. The number of aliphatic carboxylic acids is 2. The van der Waals surface area contributed by atoms with Crippen LogP contribution in [-0.2, 0) is 9.59 Å². The van der Waals surface area contributed by atoms with Gasteiger partial charge in [0.25, 0.3) is 0 Å². The maximum absolute atomic E-state index is 11.2. The van der Waals surface area contributed by atoms with Crippen molar-refractivity contribution in [3.8, 4) is 6.07 Å². The quantitative estimate of drug-likeness (QED) is 0.661. The fourth-order valence-electron chi connectivity index (χ4n) is 1.69. The molecule has 0 heterocycles. The Kier molecular flexibility index (Phi) is 6.16. The van der Waals surface area contributed by atoms with Gasteiger partial charge < -0.3 is 10.2 Å². The van der Waals surface area contributed by atoms with Gasteiger partial charge in [-0.25, -0.2) is 0 Å². The van der Waals surface area contributed by atoms with Gasteiger partial charge in [-0.3, -0.25) is 9.59 Å². The molecule has 16 heavy (non-hydrogen) atoms. The van der Waals surface area contributed by atoms with Crippen LogP contribution in [0.1, 0.15) is 45.4 Å². The van der Waals surface area contributed by atoms with Crippen LogP contribution in [0.2, 0.25) is 0 Å². The predicted molar refractivity (Wildman–Crippen MR) is 56.7 cm³/mol. The third-order valence-electron chi connectivity index (χ3n) is 2.67. The van der Waals surface area contributed by atoms with E-state index in [0.717, 1.165) is 6.42 Å². The molecule has 0 saturated heterocycles. The van der Waals surface area contributed by atoms with Gasteiger partial charge in [-0.05, 0) is 12.8 Å². The molecule has 1 unspecified atom stereocenters. The van der Waals surface area contributed by atoms with Crippen molar-refractivity contribution < 1.29 is 19.8 Å². The van der Waals surface area contributed by atoms with Crippen molar-refractivity contribution in [1.29, 1.82) is 5.26 Å². The van der Waals surface area contributed by atoms with Crippen molar-refractivity contribution in [2.24, 2.45) is 5.41 Å². The standard InChI is InChI=1S/C11H17NO4/c1-2-3-5-11(10(15)16,6-4-7-12)8-9(13)14/h2-6,8H2,1H3,(H,13,14)(H,15,16). The molecule has 0 aromatic heterocycles. The maximum atomic E-state index is 11.2. The number of nitriles is 1. The van der Waals surface area contributed by atoms with E-state index in [-0.39, 0.29) is 12.8 Å². The van der Waals surface area contributed by atoms with Crippen molar-refractivity contribution in [2.75, 3.05) is 0 Å². The number of carboxylic acids is 2. The molecule has 5 nitrogen and oxygen atoms in total. The summed E-state index contributed by atoms with van der Waals surface area (Å²) in [5.41, 5.74) is -1.28. The van der Waals surface area contributed by atoms with Gasteiger partial charge >= 0.3 is 11.9 Å². The highest BCUT2D eigenvalue weighted by molar-refractivity contribution is 5.81. The van der Waals surface area contributed by atoms with Crippen LogP contribution in [0.15, 0.2) is 0 Å². The largest absolute Gasteiger partial charge is 0.481 e. The highest BCUT2D eigenvalue weighted by Crippen LogP contribution is 2.34. The second-order valence-electron chi connectivity index (χ2n) is 3.92. The molecule has 0 fully saturated rings. The lowest BCUT2D eigenvalue weighted by Crippen LogP contribution is -2.33. The molecule has 0 rings (SSSR count). The number of carboxylic acid groups (broad SMARTS) is 2. The van der Waals surface area contributed by atoms with Crippen molar-refractivity contribution in [3.63, 3.8) is 0 Å². The van der Waals surface area contributed by atoms with E-state index in [1.54, 1.807) is 0 Å². The zero-order valence-corrected chi connectivity index (χ0v) is 9.40. The molecule has 5 heteroatoms. The second-order valence-corrected chi connectivity index (χ2v) is 3.92. The van der Waals surface area contributed by atoms with Gasteiger partial charge in [-0.2, -0.15) is 5.26 Å². The molecule has 0 aliphatic rings. The lowest BCUT2D eigenvalue weighted by molar-refractivity contribution is -0.156. The molecule has 0 saturated carbocycles. The van der Waals surface area contributed by atoms with Crippen molar-refractivity contribution >= 4 is 11.9 Å². The van der Waals surface area contributed by atoms with E-state index in [4.69, 9.17) is 15.5 Å². The Morgan fingerprint density at radius 2 is 1.94 bits per heavy atom. The van der Waals surface area contributed by atoms with Crippen LogP contribution in [0.3, 0.4) is 0 Å². The number of hydrogen-bond acceptors (Lipinski definition) is 3. The SMILES string of the molecule is CCCCC(CCC#N)(CC(=O)O)C(=O)O. The molecule has 90 valence electrons. The predicted octanol–water partition coefficient (Wildman–Crippen LogP) is 2.03. The van der Waals surface area contributed by atoms with E-state index in [0.29, 0.717) is 12.8 Å². The van der Waals surface area contributed by atoms with E-state index < -0.39 is 23.8 Å². The molecule has 0 spiro atoms. The summed E-state index contributed by atoms with van der Waals surface area (Å²) in [7, 11) is 0. The van der Waals surface area contributed by atoms with Gasteiger partial charge in [0.2, 0.25) is 0 Å². The smallest absolute Gasteiger partial charge is 0.310 e. The number of nitrogens with zero attached hydrogens (tertiary/aromatic N) is 1. The molecule has 1 atom stereocenters. The summed E-state index contributed by atoms with van der Waals surface area (Å²) in [5, 5.41) is 26.4. The molecule has 0 aromatic carbocycles. The van der Waals surface area contributed by atoms with Crippen LogP contribution in [0.5, 0.6) is 0 Å². The topological polar surface area (TPSA) is 98.4 Å². The lowest BCUT2D eigenvalue weighted by Gasteiger charge is -2.26. The van der Waals surface area contributed by atoms with Crippen molar-refractivity contribution in [3.05, 3.63) is 0 Å². The maximum Gasteiger partial charge on any atom is 0.310 e. The van der Waals surface area contributed by atoms with E-state index in [1.807, 2.05) is 13.0 Å². The molecule has 0 bridgehead atoms. The number of rotatable bonds is 8. The van der Waals surface area contributed by atoms with Gasteiger partial charge in [0.05, 0.1) is 17.9 Å². The zero-order valence-electron chi connectivity index (χ0n) is 9.40. The summed E-state index contributed by atoms with van der Waals surface area (Å²) in [6, 6.07) is 1.87. The first kappa shape index (κ1) is 14.4. The summed E-state index contributed by atoms with van der Waals surface area (Å²) in [5.74, 6) is -2.24. The first-order chi connectivity index (χ1) is 7.48. The van der Waals surface area contributed by atoms with E-state index in [2.05, 4.69) is 0 Å². The van der Waals surface area contributed by atoms with E-state index in [1.165, 1.54) is 0 Å². The fraction of sp³-hybridized carbons (Fsp3) is 0.727. The molecular formula is C11H17NO4. The fourth-order valence-corrected chi connectivity index (χ4v) is 1.69. The Morgan fingerprint density at radius 1 is 1.31 bits per heavy atom. The van der Waals surface area contributed by atoms with Crippen LogP contribution in [0.25, 0.3) is 0 Å². The zero-order chi connectivity index (χ0) is 12.6. The molecular weight excluding hydrogens is 210 g/mol. The third kappa shape index (κ3) is 4.30. The van der Waals surface area contributed by atoms with Crippen molar-refractivity contribution in [2.45, 2.75) is 45.4 Å². The average Bonchev–Trinajstić information content (AvgIpc) is 2.21. The molecule has 0 aliphatic heterocycles. The van der Waals surface area contributed by atoms with Crippen molar-refractivity contribution in [1.82, 2.24) is 0 Å². The van der Waals surface area contributed by atoms with Gasteiger partial charge in [0, 0.05) is 6.42 Å². The summed E-state index contributed by atoms with van der Waals surface area (Å²) in [4.78, 5) is 21.9. The van der Waals surface area contributed by atoms with Gasteiger partial charge in [0.1, 0.15) is 0 Å².